The van der Waals surface area contributed by atoms with Crippen LogP contribution in [0.15, 0.2) is 4.99 Å². The van der Waals surface area contributed by atoms with Gasteiger partial charge < -0.3 is 10.6 Å². The molecule has 0 saturated heterocycles. The molecule has 1 rings (SSSR count). The Kier molecular flexibility index (Phi) is 5.74. The largest absolute Gasteiger partial charge is 0.357 e. The van der Waals surface area contributed by atoms with Crippen molar-refractivity contribution in [3.05, 3.63) is 0 Å². The van der Waals surface area contributed by atoms with Crippen LogP contribution < -0.4 is 10.6 Å². The van der Waals surface area contributed by atoms with E-state index in [1.807, 2.05) is 6.92 Å². The van der Waals surface area contributed by atoms with E-state index >= 15 is 0 Å². The molecule has 0 aromatic heterocycles. The zero-order valence-electron chi connectivity index (χ0n) is 10.7. The van der Waals surface area contributed by atoms with E-state index in [0.717, 1.165) is 25.0 Å². The van der Waals surface area contributed by atoms with E-state index in [2.05, 4.69) is 15.6 Å². The summed E-state index contributed by atoms with van der Waals surface area (Å²) in [6.07, 6.45) is 2.54. The van der Waals surface area contributed by atoms with Crippen molar-refractivity contribution in [2.24, 2.45) is 10.9 Å². The summed E-state index contributed by atoms with van der Waals surface area (Å²) in [6.45, 7) is 5.72. The first kappa shape index (κ1) is 14.3. The van der Waals surface area contributed by atoms with Gasteiger partial charge in [0.1, 0.15) is 0 Å². The smallest absolute Gasteiger partial charge is 0.191 e. The van der Waals surface area contributed by atoms with E-state index in [0.29, 0.717) is 6.54 Å². The van der Waals surface area contributed by atoms with Gasteiger partial charge in [-0.25, -0.2) is 8.42 Å². The van der Waals surface area contributed by atoms with Gasteiger partial charge in [-0.15, -0.1) is 0 Å². The van der Waals surface area contributed by atoms with Gasteiger partial charge in [-0.1, -0.05) is 6.92 Å². The van der Waals surface area contributed by atoms with Crippen LogP contribution in [0, 0.1) is 5.92 Å². The molecule has 1 fully saturated rings. The monoisotopic (exact) mass is 261 g/mol. The van der Waals surface area contributed by atoms with Crippen molar-refractivity contribution >= 4 is 15.8 Å². The second-order valence-corrected chi connectivity index (χ2v) is 6.80. The molecule has 5 nitrogen and oxygen atoms in total. The molecule has 0 aromatic rings. The minimum Gasteiger partial charge on any atom is -0.357 e. The molecule has 0 aromatic carbocycles. The number of hydrogen-bond acceptors (Lipinski definition) is 3. The van der Waals surface area contributed by atoms with Gasteiger partial charge in [0.2, 0.25) is 0 Å². The highest BCUT2D eigenvalue weighted by atomic mass is 32.2. The summed E-state index contributed by atoms with van der Waals surface area (Å²) in [5, 5.41) is 6.17. The number of nitrogens with zero attached hydrogens (tertiary/aromatic N) is 1. The molecule has 100 valence electrons. The second kappa shape index (κ2) is 6.83. The highest BCUT2D eigenvalue weighted by Crippen LogP contribution is 2.28. The number of guanidine groups is 1. The lowest BCUT2D eigenvalue weighted by Gasteiger charge is -2.10. The molecular weight excluding hydrogens is 238 g/mol. The number of nitrogens with one attached hydrogen (secondary N) is 2. The Morgan fingerprint density at radius 1 is 1.29 bits per heavy atom. The fourth-order valence-corrected chi connectivity index (χ4v) is 2.03. The highest BCUT2D eigenvalue weighted by molar-refractivity contribution is 7.91. The third-order valence-electron chi connectivity index (χ3n) is 2.69. The maximum Gasteiger partial charge on any atom is 0.191 e. The minimum atomic E-state index is -2.89. The van der Waals surface area contributed by atoms with Gasteiger partial charge in [-0.3, -0.25) is 4.99 Å². The first-order chi connectivity index (χ1) is 8.07. The minimum absolute atomic E-state index is 0.164. The standard InChI is InChI=1S/C11H23N3O2S/c1-3-12-11(14-9-10-5-6-10)13-7-8-17(15,16)4-2/h10H,3-9H2,1-2H3,(H2,12,13,14). The molecule has 1 aliphatic carbocycles. The molecule has 0 spiro atoms. The van der Waals surface area contributed by atoms with Crippen LogP contribution in [0.2, 0.25) is 0 Å². The van der Waals surface area contributed by atoms with Gasteiger partial charge in [-0.05, 0) is 25.7 Å². The lowest BCUT2D eigenvalue weighted by molar-refractivity contribution is 0.595. The molecule has 0 unspecified atom stereocenters. The summed E-state index contributed by atoms with van der Waals surface area (Å²) in [6, 6.07) is 0. The van der Waals surface area contributed by atoms with E-state index in [1.54, 1.807) is 6.92 Å². The van der Waals surface area contributed by atoms with Crippen molar-refractivity contribution in [3.63, 3.8) is 0 Å². The van der Waals surface area contributed by atoms with Crippen molar-refractivity contribution in [3.8, 4) is 0 Å². The summed E-state index contributed by atoms with van der Waals surface area (Å²) in [5.74, 6) is 1.83. The van der Waals surface area contributed by atoms with Gasteiger partial charge in [0.25, 0.3) is 0 Å². The summed E-state index contributed by atoms with van der Waals surface area (Å²) in [4.78, 5) is 4.42. The molecule has 0 aliphatic heterocycles. The van der Waals surface area contributed by atoms with Gasteiger partial charge in [0.05, 0.1) is 5.75 Å². The Hall–Kier alpha value is -0.780. The fourth-order valence-electron chi connectivity index (χ4n) is 1.33. The molecule has 0 amide bonds. The SMILES string of the molecule is CCNC(=NCC1CC1)NCCS(=O)(=O)CC. The highest BCUT2D eigenvalue weighted by Gasteiger charge is 2.20. The zero-order chi connectivity index (χ0) is 12.7. The molecular formula is C11H23N3O2S. The average Bonchev–Trinajstić information content (AvgIpc) is 3.09. The van der Waals surface area contributed by atoms with Crippen LogP contribution in [-0.4, -0.2) is 45.5 Å². The molecule has 0 heterocycles. The molecule has 1 saturated carbocycles. The molecule has 6 heteroatoms. The Balaban J connectivity index is 2.30. The average molecular weight is 261 g/mol. The molecule has 1 aliphatic rings. The van der Waals surface area contributed by atoms with E-state index in [4.69, 9.17) is 0 Å². The maximum atomic E-state index is 11.3. The third-order valence-corrected chi connectivity index (χ3v) is 4.40. The second-order valence-electron chi connectivity index (χ2n) is 4.33. The van der Waals surface area contributed by atoms with Crippen LogP contribution in [0.5, 0.6) is 0 Å². The van der Waals surface area contributed by atoms with Gasteiger partial charge >= 0.3 is 0 Å². The third kappa shape index (κ3) is 6.51. The number of hydrogen-bond donors (Lipinski definition) is 2. The van der Waals surface area contributed by atoms with Crippen molar-refractivity contribution < 1.29 is 8.42 Å². The maximum absolute atomic E-state index is 11.3. The van der Waals surface area contributed by atoms with Crippen LogP contribution in [0.25, 0.3) is 0 Å². The molecule has 2 N–H and O–H groups in total. The summed E-state index contributed by atoms with van der Waals surface area (Å²) in [5.41, 5.74) is 0. The van der Waals surface area contributed by atoms with E-state index < -0.39 is 9.84 Å². The Bertz CT molecular complexity index is 348. The molecule has 0 atom stereocenters. The predicted molar refractivity (Wildman–Crippen MR) is 71.0 cm³/mol. The first-order valence-corrected chi connectivity index (χ1v) is 8.12. The van der Waals surface area contributed by atoms with Crippen LogP contribution in [-0.2, 0) is 9.84 Å². The Morgan fingerprint density at radius 2 is 2.00 bits per heavy atom. The van der Waals surface area contributed by atoms with Crippen LogP contribution in [0.3, 0.4) is 0 Å². The van der Waals surface area contributed by atoms with Crippen molar-refractivity contribution in [2.45, 2.75) is 26.7 Å². The molecule has 17 heavy (non-hydrogen) atoms. The van der Waals surface area contributed by atoms with E-state index in [9.17, 15) is 8.42 Å². The molecule has 0 bridgehead atoms. The number of rotatable bonds is 7. The van der Waals surface area contributed by atoms with Crippen LogP contribution in [0.4, 0.5) is 0 Å². The topological polar surface area (TPSA) is 70.6 Å². The fraction of sp³-hybridized carbons (Fsp3) is 0.909. The predicted octanol–water partition coefficient (Wildman–Crippen LogP) is 0.386. The number of aliphatic imine (C=N–C) groups is 1. The van der Waals surface area contributed by atoms with Gasteiger partial charge in [0.15, 0.2) is 15.8 Å². The number of sulfone groups is 1. The normalized spacial score (nSPS) is 16.9. The van der Waals surface area contributed by atoms with E-state index in [1.165, 1.54) is 12.8 Å². The van der Waals surface area contributed by atoms with Gasteiger partial charge in [0, 0.05) is 25.4 Å². The Labute approximate surface area is 104 Å². The lowest BCUT2D eigenvalue weighted by Crippen LogP contribution is -2.39. The van der Waals surface area contributed by atoms with Crippen molar-refractivity contribution in [1.82, 2.24) is 10.6 Å². The molecule has 0 radical (unpaired) electrons. The van der Waals surface area contributed by atoms with Gasteiger partial charge in [-0.2, -0.15) is 0 Å². The summed E-state index contributed by atoms with van der Waals surface area (Å²) >= 11 is 0. The lowest BCUT2D eigenvalue weighted by atomic mass is 10.4. The summed E-state index contributed by atoms with van der Waals surface area (Å²) < 4.78 is 22.6. The van der Waals surface area contributed by atoms with Crippen LogP contribution in [0.1, 0.15) is 26.7 Å². The summed E-state index contributed by atoms with van der Waals surface area (Å²) in [7, 11) is -2.89. The van der Waals surface area contributed by atoms with Crippen molar-refractivity contribution in [1.29, 1.82) is 0 Å². The Morgan fingerprint density at radius 3 is 2.53 bits per heavy atom. The van der Waals surface area contributed by atoms with E-state index in [-0.39, 0.29) is 11.5 Å². The van der Waals surface area contributed by atoms with Crippen LogP contribution >= 0.6 is 0 Å². The first-order valence-electron chi connectivity index (χ1n) is 6.30. The van der Waals surface area contributed by atoms with Crippen molar-refractivity contribution in [2.75, 3.05) is 31.1 Å². The quantitative estimate of drug-likeness (QED) is 0.514. The zero-order valence-corrected chi connectivity index (χ0v) is 11.5.